The summed E-state index contributed by atoms with van der Waals surface area (Å²) in [6, 6.07) is 60.3. The van der Waals surface area contributed by atoms with Gasteiger partial charge in [0.25, 0.3) is 0 Å². The molecule has 0 saturated heterocycles. The number of hydrogen-bond donors (Lipinski definition) is 0. The lowest BCUT2D eigenvalue weighted by atomic mass is 9.84. The maximum Gasteiger partial charge on any atom is 0.144 e. The Labute approximate surface area is 295 Å². The molecule has 51 heavy (non-hydrogen) atoms. The van der Waals surface area contributed by atoms with Crippen molar-refractivity contribution in [3.63, 3.8) is 0 Å². The van der Waals surface area contributed by atoms with Crippen LogP contribution in [-0.4, -0.2) is 9.97 Å². The lowest BCUT2D eigenvalue weighted by molar-refractivity contribution is 0.673. The second kappa shape index (κ2) is 11.9. The van der Waals surface area contributed by atoms with Crippen molar-refractivity contribution in [1.82, 2.24) is 9.97 Å². The maximum absolute atomic E-state index is 6.55. The molecule has 10 aromatic rings. The molecule has 3 heterocycles. The van der Waals surface area contributed by atoms with Crippen molar-refractivity contribution in [2.24, 2.45) is 0 Å². The van der Waals surface area contributed by atoms with Gasteiger partial charge in [0, 0.05) is 38.7 Å². The molecule has 0 radical (unpaired) electrons. The summed E-state index contributed by atoms with van der Waals surface area (Å²) in [6.07, 6.45) is 3.68. The van der Waals surface area contributed by atoms with Gasteiger partial charge in [0.15, 0.2) is 0 Å². The van der Waals surface area contributed by atoms with Crippen LogP contribution in [0.25, 0.3) is 99.4 Å². The first-order valence-corrected chi connectivity index (χ1v) is 17.2. The molecular weight excluding hydrogens is 621 g/mol. The number of rotatable bonds is 5. The molecule has 0 aliphatic heterocycles. The summed E-state index contributed by atoms with van der Waals surface area (Å²) in [5, 5.41) is 5.36. The van der Waals surface area contributed by atoms with Crippen LogP contribution in [0.3, 0.4) is 0 Å². The van der Waals surface area contributed by atoms with Crippen LogP contribution < -0.4 is 0 Å². The Morgan fingerprint density at radius 2 is 1.00 bits per heavy atom. The first kappa shape index (κ1) is 29.1. The van der Waals surface area contributed by atoms with Crippen LogP contribution in [0.15, 0.2) is 187 Å². The molecule has 0 saturated carbocycles. The van der Waals surface area contributed by atoms with Gasteiger partial charge in [-0.3, -0.25) is 4.98 Å². The highest BCUT2D eigenvalue weighted by molar-refractivity contribution is 6.24. The van der Waals surface area contributed by atoms with Crippen molar-refractivity contribution in [2.75, 3.05) is 0 Å². The first-order valence-electron chi connectivity index (χ1n) is 17.2. The molecule has 7 aromatic carbocycles. The summed E-state index contributed by atoms with van der Waals surface area (Å²) in [5.41, 5.74) is 14.0. The van der Waals surface area contributed by atoms with Crippen LogP contribution in [0, 0.1) is 0 Å². The summed E-state index contributed by atoms with van der Waals surface area (Å²) in [5.74, 6) is 0. The molecule has 3 nitrogen and oxygen atoms in total. The molecule has 3 heteroatoms. The first-order chi connectivity index (χ1) is 25.3. The van der Waals surface area contributed by atoms with Gasteiger partial charge in [0.05, 0.1) is 17.4 Å². The number of hydrogen-bond acceptors (Lipinski definition) is 3. The van der Waals surface area contributed by atoms with Gasteiger partial charge >= 0.3 is 0 Å². The Bertz CT molecular complexity index is 2820. The summed E-state index contributed by atoms with van der Waals surface area (Å²) < 4.78 is 6.55. The highest BCUT2D eigenvalue weighted by Crippen LogP contribution is 2.45. The van der Waals surface area contributed by atoms with E-state index < -0.39 is 0 Å². The Morgan fingerprint density at radius 3 is 1.69 bits per heavy atom. The Balaban J connectivity index is 1.20. The van der Waals surface area contributed by atoms with E-state index in [0.717, 1.165) is 60.4 Å². The summed E-state index contributed by atoms with van der Waals surface area (Å²) in [6.45, 7) is 0. The SMILES string of the molecule is c1ccc(-c2cc(-c3ccccc3)c(-c3ccc(-c4nc5cnccc5c5c4ccc4c6ccccc6oc45)cc3)c(-c3ccccc3)c2)cc1. The molecule has 0 N–H and O–H groups in total. The smallest absolute Gasteiger partial charge is 0.144 e. The van der Waals surface area contributed by atoms with Crippen LogP contribution in [0.5, 0.6) is 0 Å². The molecule has 0 spiro atoms. The van der Waals surface area contributed by atoms with Crippen LogP contribution in [-0.2, 0) is 0 Å². The predicted octanol–water partition coefficient (Wildman–Crippen LogP) is 13.0. The highest BCUT2D eigenvalue weighted by Gasteiger charge is 2.20. The molecule has 238 valence electrons. The van der Waals surface area contributed by atoms with E-state index in [9.17, 15) is 0 Å². The predicted molar refractivity (Wildman–Crippen MR) is 212 cm³/mol. The number of aromatic nitrogens is 2. The van der Waals surface area contributed by atoms with Gasteiger partial charge in [-0.15, -0.1) is 0 Å². The average molecular weight is 651 g/mol. The topological polar surface area (TPSA) is 38.9 Å². The molecule has 3 aromatic heterocycles. The van der Waals surface area contributed by atoms with Gasteiger partial charge in [-0.25, -0.2) is 4.98 Å². The number of fused-ring (bicyclic) bond motifs is 7. The lowest BCUT2D eigenvalue weighted by Gasteiger charge is -2.19. The van der Waals surface area contributed by atoms with Gasteiger partial charge in [-0.1, -0.05) is 140 Å². The molecule has 0 bridgehead atoms. The normalized spacial score (nSPS) is 11.5. The molecule has 0 amide bonds. The third kappa shape index (κ3) is 4.90. The van der Waals surface area contributed by atoms with E-state index in [-0.39, 0.29) is 0 Å². The van der Waals surface area contributed by atoms with E-state index in [1.54, 1.807) is 0 Å². The Hall–Kier alpha value is -6.84. The lowest BCUT2D eigenvalue weighted by Crippen LogP contribution is -1.94. The highest BCUT2D eigenvalue weighted by atomic mass is 16.3. The number of nitrogens with zero attached hydrogens (tertiary/aromatic N) is 2. The number of para-hydroxylation sites is 1. The van der Waals surface area contributed by atoms with Gasteiger partial charge in [-0.2, -0.15) is 0 Å². The van der Waals surface area contributed by atoms with Crippen LogP contribution in [0.2, 0.25) is 0 Å². The zero-order valence-electron chi connectivity index (χ0n) is 27.6. The van der Waals surface area contributed by atoms with Gasteiger partial charge in [0.2, 0.25) is 0 Å². The number of furan rings is 1. The summed E-state index contributed by atoms with van der Waals surface area (Å²) in [4.78, 5) is 9.65. The van der Waals surface area contributed by atoms with Gasteiger partial charge in [-0.05, 0) is 74.8 Å². The minimum absolute atomic E-state index is 0.839. The van der Waals surface area contributed by atoms with Crippen LogP contribution in [0.1, 0.15) is 0 Å². The van der Waals surface area contributed by atoms with Crippen LogP contribution >= 0.6 is 0 Å². The van der Waals surface area contributed by atoms with Crippen LogP contribution in [0.4, 0.5) is 0 Å². The Kier molecular flexibility index (Phi) is 6.81. The summed E-state index contributed by atoms with van der Waals surface area (Å²) in [7, 11) is 0. The monoisotopic (exact) mass is 650 g/mol. The van der Waals surface area contributed by atoms with E-state index in [1.165, 1.54) is 38.9 Å². The minimum Gasteiger partial charge on any atom is -0.455 e. The van der Waals surface area contributed by atoms with Gasteiger partial charge in [0.1, 0.15) is 11.2 Å². The summed E-state index contributed by atoms with van der Waals surface area (Å²) >= 11 is 0. The molecular formula is C48H30N2O. The molecule has 0 fully saturated rings. The van der Waals surface area contributed by atoms with E-state index in [2.05, 4.69) is 157 Å². The van der Waals surface area contributed by atoms with E-state index in [1.807, 2.05) is 30.6 Å². The zero-order chi connectivity index (χ0) is 33.7. The fraction of sp³-hybridized carbons (Fsp3) is 0. The average Bonchev–Trinajstić information content (AvgIpc) is 3.60. The quantitative estimate of drug-likeness (QED) is 0.174. The Morgan fingerprint density at radius 1 is 0.412 bits per heavy atom. The third-order valence-electron chi connectivity index (χ3n) is 9.97. The second-order valence-electron chi connectivity index (χ2n) is 12.9. The fourth-order valence-electron chi connectivity index (χ4n) is 7.58. The van der Waals surface area contributed by atoms with Crippen molar-refractivity contribution < 1.29 is 4.42 Å². The molecule has 0 atom stereocenters. The largest absolute Gasteiger partial charge is 0.455 e. The van der Waals surface area contributed by atoms with Crippen molar-refractivity contribution in [2.45, 2.75) is 0 Å². The van der Waals surface area contributed by atoms with E-state index in [0.29, 0.717) is 0 Å². The molecule has 0 aliphatic carbocycles. The molecule has 0 unspecified atom stereocenters. The molecule has 10 rings (SSSR count). The van der Waals surface area contributed by atoms with Gasteiger partial charge < -0.3 is 4.42 Å². The fourth-order valence-corrected chi connectivity index (χ4v) is 7.58. The maximum atomic E-state index is 6.55. The van der Waals surface area contributed by atoms with E-state index >= 15 is 0 Å². The van der Waals surface area contributed by atoms with Crippen molar-refractivity contribution >= 4 is 43.6 Å². The standard InChI is InChI=1S/C48H30N2O/c1-4-12-31(13-5-1)36-28-41(32-14-6-2-7-15-32)45(42(29-36)33-16-8-3-9-17-33)34-20-22-35(23-21-34)47-40-25-24-38-37-18-10-11-19-44(37)51-48(38)46(40)39-26-27-49-30-43(39)50-47/h1-30H. The van der Waals surface area contributed by atoms with E-state index in [4.69, 9.17) is 9.40 Å². The van der Waals surface area contributed by atoms with Crippen molar-refractivity contribution in [3.05, 3.63) is 182 Å². The third-order valence-corrected chi connectivity index (χ3v) is 9.97. The van der Waals surface area contributed by atoms with Crippen molar-refractivity contribution in [3.8, 4) is 55.8 Å². The zero-order valence-corrected chi connectivity index (χ0v) is 27.6. The second-order valence-corrected chi connectivity index (χ2v) is 12.9. The number of benzene rings is 7. The minimum atomic E-state index is 0.839. The van der Waals surface area contributed by atoms with Crippen molar-refractivity contribution in [1.29, 1.82) is 0 Å². The number of pyridine rings is 2. The molecule has 0 aliphatic rings.